The van der Waals surface area contributed by atoms with Crippen molar-refractivity contribution in [3.63, 3.8) is 0 Å². The number of amides is 1. The topological polar surface area (TPSA) is 71.3 Å². The molecule has 0 spiro atoms. The summed E-state index contributed by atoms with van der Waals surface area (Å²) in [5.74, 6) is -0.354. The van der Waals surface area contributed by atoms with Gasteiger partial charge in [0.05, 0.1) is 6.10 Å². The van der Waals surface area contributed by atoms with Crippen LogP contribution in [0.1, 0.15) is 54.7 Å². The molecule has 1 amide bonds. The number of aromatic nitrogens is 1. The number of rotatable bonds is 6. The lowest BCUT2D eigenvalue weighted by Crippen LogP contribution is -2.31. The van der Waals surface area contributed by atoms with Gasteiger partial charge in [0.25, 0.3) is 5.91 Å². The van der Waals surface area contributed by atoms with Crippen molar-refractivity contribution in [3.05, 3.63) is 33.7 Å². The molecule has 0 bridgehead atoms. The minimum atomic E-state index is -0.406. The Kier molecular flexibility index (Phi) is 4.60. The Bertz CT molecular complexity index is 547. The first-order valence-electron chi connectivity index (χ1n) is 7.22. The van der Waals surface area contributed by atoms with Crippen LogP contribution in [0.3, 0.4) is 0 Å². The lowest BCUT2D eigenvalue weighted by molar-refractivity contribution is 0.0940. The normalized spacial score (nSPS) is 15.9. The molecule has 0 radical (unpaired) electrons. The van der Waals surface area contributed by atoms with Crippen LogP contribution in [0.25, 0.3) is 0 Å². The molecule has 0 saturated heterocycles. The predicted molar refractivity (Wildman–Crippen MR) is 77.0 cm³/mol. The molecule has 0 aromatic carbocycles. The van der Waals surface area contributed by atoms with Gasteiger partial charge in [0.15, 0.2) is 5.43 Å². The van der Waals surface area contributed by atoms with Crippen LogP contribution < -0.4 is 10.7 Å². The summed E-state index contributed by atoms with van der Waals surface area (Å²) in [6, 6.07) is 1.96. The second-order valence-corrected chi connectivity index (χ2v) is 5.44. The van der Waals surface area contributed by atoms with Gasteiger partial charge in [0, 0.05) is 30.5 Å². The third-order valence-electron chi connectivity index (χ3n) is 3.70. The summed E-state index contributed by atoms with van der Waals surface area (Å²) >= 11 is 0. The van der Waals surface area contributed by atoms with Gasteiger partial charge in [0.2, 0.25) is 0 Å². The van der Waals surface area contributed by atoms with Crippen LogP contribution in [-0.2, 0) is 0 Å². The summed E-state index contributed by atoms with van der Waals surface area (Å²) in [4.78, 5) is 23.9. The quantitative estimate of drug-likeness (QED) is 0.826. The number of aliphatic hydroxyl groups excluding tert-OH is 1. The number of carbonyl (C=O) groups is 1. The van der Waals surface area contributed by atoms with Crippen molar-refractivity contribution in [2.45, 2.75) is 51.7 Å². The number of aryl methyl sites for hydroxylation is 1. The van der Waals surface area contributed by atoms with E-state index in [1.54, 1.807) is 6.20 Å². The Hall–Kier alpha value is -1.62. The molecule has 110 valence electrons. The number of nitrogens with zero attached hydrogens (tertiary/aromatic N) is 1. The number of carbonyl (C=O) groups excluding carboxylic acids is 1. The monoisotopic (exact) mass is 278 g/mol. The van der Waals surface area contributed by atoms with Gasteiger partial charge in [-0.1, -0.05) is 6.92 Å². The highest BCUT2D eigenvalue weighted by Crippen LogP contribution is 2.35. The maximum atomic E-state index is 12.0. The van der Waals surface area contributed by atoms with E-state index in [1.807, 2.05) is 18.4 Å². The van der Waals surface area contributed by atoms with E-state index in [4.69, 9.17) is 0 Å². The molecule has 1 aromatic heterocycles. The molecule has 1 aliphatic carbocycles. The fourth-order valence-electron chi connectivity index (χ4n) is 2.21. The van der Waals surface area contributed by atoms with Gasteiger partial charge < -0.3 is 15.0 Å². The average molecular weight is 278 g/mol. The largest absolute Gasteiger partial charge is 0.393 e. The second kappa shape index (κ2) is 6.22. The molecule has 5 nitrogen and oxygen atoms in total. The SMILES string of the molecule is CC[C@H](O)CCNC(=O)c1cn(C2CC2)c(C)cc1=O. The van der Waals surface area contributed by atoms with Crippen LogP contribution in [0.5, 0.6) is 0 Å². The third kappa shape index (κ3) is 3.48. The van der Waals surface area contributed by atoms with Crippen molar-refractivity contribution < 1.29 is 9.90 Å². The van der Waals surface area contributed by atoms with E-state index in [0.717, 1.165) is 18.5 Å². The maximum absolute atomic E-state index is 12.0. The average Bonchev–Trinajstić information content (AvgIpc) is 3.22. The number of hydrogen-bond donors (Lipinski definition) is 2. The van der Waals surface area contributed by atoms with E-state index in [1.165, 1.54) is 6.07 Å². The molecule has 2 N–H and O–H groups in total. The van der Waals surface area contributed by atoms with Crippen LogP contribution in [-0.4, -0.2) is 28.2 Å². The first-order valence-corrected chi connectivity index (χ1v) is 7.22. The van der Waals surface area contributed by atoms with Crippen LogP contribution in [0, 0.1) is 6.92 Å². The van der Waals surface area contributed by atoms with E-state index in [0.29, 0.717) is 25.4 Å². The van der Waals surface area contributed by atoms with Crippen molar-refractivity contribution in [1.82, 2.24) is 9.88 Å². The summed E-state index contributed by atoms with van der Waals surface area (Å²) in [6.45, 7) is 4.16. The van der Waals surface area contributed by atoms with Gasteiger partial charge in [-0.3, -0.25) is 9.59 Å². The lowest BCUT2D eigenvalue weighted by Gasteiger charge is -2.12. The third-order valence-corrected chi connectivity index (χ3v) is 3.70. The van der Waals surface area contributed by atoms with Gasteiger partial charge in [-0.25, -0.2) is 0 Å². The van der Waals surface area contributed by atoms with Gasteiger partial charge in [-0.05, 0) is 32.6 Å². The minimum Gasteiger partial charge on any atom is -0.393 e. The Balaban J connectivity index is 2.05. The van der Waals surface area contributed by atoms with Gasteiger partial charge in [0.1, 0.15) is 5.56 Å². The molecule has 2 rings (SSSR count). The second-order valence-electron chi connectivity index (χ2n) is 5.44. The fourth-order valence-corrected chi connectivity index (χ4v) is 2.21. The van der Waals surface area contributed by atoms with Crippen molar-refractivity contribution in [3.8, 4) is 0 Å². The highest BCUT2D eigenvalue weighted by molar-refractivity contribution is 5.93. The van der Waals surface area contributed by atoms with E-state index in [2.05, 4.69) is 5.32 Å². The smallest absolute Gasteiger partial charge is 0.256 e. The fraction of sp³-hybridized carbons (Fsp3) is 0.600. The molecule has 1 heterocycles. The van der Waals surface area contributed by atoms with Crippen molar-refractivity contribution >= 4 is 5.91 Å². The Labute approximate surface area is 118 Å². The van der Waals surface area contributed by atoms with Crippen molar-refractivity contribution in [2.24, 2.45) is 0 Å². The maximum Gasteiger partial charge on any atom is 0.256 e. The molecule has 0 aliphatic heterocycles. The first-order chi connectivity index (χ1) is 9.52. The molecular weight excluding hydrogens is 256 g/mol. The zero-order valence-electron chi connectivity index (χ0n) is 12.1. The zero-order chi connectivity index (χ0) is 14.7. The molecular formula is C15H22N2O3. The molecule has 20 heavy (non-hydrogen) atoms. The predicted octanol–water partition coefficient (Wildman–Crippen LogP) is 1.38. The standard InChI is InChI=1S/C15H22N2O3/c1-3-12(18)6-7-16-15(20)13-9-17(11-4-5-11)10(2)8-14(13)19/h8-9,11-12,18H,3-7H2,1-2H3,(H,16,20)/t12-/m0/s1. The van der Waals surface area contributed by atoms with Crippen molar-refractivity contribution in [1.29, 1.82) is 0 Å². The summed E-state index contributed by atoms with van der Waals surface area (Å²) in [5, 5.41) is 12.1. The first kappa shape index (κ1) is 14.8. The number of aliphatic hydroxyl groups is 1. The molecule has 1 saturated carbocycles. The highest BCUT2D eigenvalue weighted by Gasteiger charge is 2.25. The molecule has 1 fully saturated rings. The number of hydrogen-bond acceptors (Lipinski definition) is 3. The molecule has 0 unspecified atom stereocenters. The van der Waals surface area contributed by atoms with E-state index >= 15 is 0 Å². The van der Waals surface area contributed by atoms with Gasteiger partial charge >= 0.3 is 0 Å². The number of pyridine rings is 1. The molecule has 5 heteroatoms. The Morgan fingerprint density at radius 2 is 2.25 bits per heavy atom. The summed E-state index contributed by atoms with van der Waals surface area (Å²) in [7, 11) is 0. The van der Waals surface area contributed by atoms with E-state index < -0.39 is 6.10 Å². The Morgan fingerprint density at radius 3 is 2.85 bits per heavy atom. The van der Waals surface area contributed by atoms with Crippen LogP contribution >= 0.6 is 0 Å². The molecule has 1 atom stereocenters. The van der Waals surface area contributed by atoms with Crippen LogP contribution in [0.4, 0.5) is 0 Å². The Morgan fingerprint density at radius 1 is 1.55 bits per heavy atom. The molecule has 1 aliphatic rings. The van der Waals surface area contributed by atoms with Crippen LogP contribution in [0.15, 0.2) is 17.1 Å². The summed E-state index contributed by atoms with van der Waals surface area (Å²) < 4.78 is 2.01. The van der Waals surface area contributed by atoms with E-state index in [9.17, 15) is 14.7 Å². The minimum absolute atomic E-state index is 0.188. The van der Waals surface area contributed by atoms with Gasteiger partial charge in [-0.2, -0.15) is 0 Å². The summed E-state index contributed by atoms with van der Waals surface area (Å²) in [6.07, 6.45) is 4.64. The summed E-state index contributed by atoms with van der Waals surface area (Å²) in [5.41, 5.74) is 0.844. The van der Waals surface area contributed by atoms with Crippen LogP contribution in [0.2, 0.25) is 0 Å². The van der Waals surface area contributed by atoms with E-state index in [-0.39, 0.29) is 16.9 Å². The zero-order valence-corrected chi connectivity index (χ0v) is 12.1. The lowest BCUT2D eigenvalue weighted by atomic mass is 10.2. The number of nitrogens with one attached hydrogen (secondary N) is 1. The molecule has 1 aromatic rings. The van der Waals surface area contributed by atoms with Gasteiger partial charge in [-0.15, -0.1) is 0 Å². The highest BCUT2D eigenvalue weighted by atomic mass is 16.3. The van der Waals surface area contributed by atoms with Crippen molar-refractivity contribution in [2.75, 3.05) is 6.54 Å².